The summed E-state index contributed by atoms with van der Waals surface area (Å²) in [6.45, 7) is 2.43. The van der Waals surface area contributed by atoms with Crippen LogP contribution in [0.2, 0.25) is 4.47 Å². The smallest absolute Gasteiger partial charge is 0.232 e. The summed E-state index contributed by atoms with van der Waals surface area (Å²) in [6, 6.07) is 0. The van der Waals surface area contributed by atoms with Crippen molar-refractivity contribution < 1.29 is 16.8 Å². The molecule has 1 saturated heterocycles. The van der Waals surface area contributed by atoms with Crippen LogP contribution < -0.4 is 0 Å². The fourth-order valence-corrected chi connectivity index (χ4v) is 6.43. The predicted octanol–water partition coefficient (Wildman–Crippen LogP) is 0.843. The molecule has 1 aromatic rings. The van der Waals surface area contributed by atoms with Gasteiger partial charge in [0.25, 0.3) is 10.0 Å². The second-order valence-electron chi connectivity index (χ2n) is 4.55. The van der Waals surface area contributed by atoms with Crippen molar-refractivity contribution in [3.63, 3.8) is 0 Å². The first-order valence-corrected chi connectivity index (χ1v) is 10.6. The molecule has 2 rings (SSSR count). The lowest BCUT2D eigenvalue weighted by Crippen LogP contribution is -2.50. The summed E-state index contributed by atoms with van der Waals surface area (Å²) < 4.78 is 51.5. The van der Waals surface area contributed by atoms with E-state index in [9.17, 15) is 16.8 Å². The minimum atomic E-state index is -3.64. The third-order valence-corrected chi connectivity index (χ3v) is 8.63. The van der Waals surface area contributed by atoms with Crippen LogP contribution in [0.15, 0.2) is 10.4 Å². The number of thiazole rings is 1. The molecule has 1 fully saturated rings. The maximum absolute atomic E-state index is 12.4. The van der Waals surface area contributed by atoms with Crippen LogP contribution in [-0.4, -0.2) is 62.4 Å². The zero-order valence-corrected chi connectivity index (χ0v) is 14.6. The molecule has 0 aliphatic carbocycles. The van der Waals surface area contributed by atoms with Gasteiger partial charge in [-0.1, -0.05) is 29.9 Å². The number of hydrogen-bond donors (Lipinski definition) is 0. The zero-order valence-electron chi connectivity index (χ0n) is 11.4. The monoisotopic (exact) mass is 373 g/mol. The van der Waals surface area contributed by atoms with Gasteiger partial charge in [-0.3, -0.25) is 0 Å². The minimum absolute atomic E-state index is 0.0809. The van der Waals surface area contributed by atoms with Crippen LogP contribution in [0, 0.1) is 0 Å². The van der Waals surface area contributed by atoms with E-state index in [1.165, 1.54) is 14.8 Å². The molecular weight excluding hydrogens is 358 g/mol. The highest BCUT2D eigenvalue weighted by Gasteiger charge is 2.33. The van der Waals surface area contributed by atoms with Gasteiger partial charge in [-0.25, -0.2) is 21.8 Å². The Morgan fingerprint density at radius 2 is 1.76 bits per heavy atom. The van der Waals surface area contributed by atoms with Crippen molar-refractivity contribution in [1.29, 1.82) is 0 Å². The molecule has 1 aliphatic rings. The lowest BCUT2D eigenvalue weighted by molar-refractivity contribution is 0.273. The molecule has 7 nitrogen and oxygen atoms in total. The van der Waals surface area contributed by atoms with Crippen LogP contribution in [-0.2, 0) is 20.0 Å². The van der Waals surface area contributed by atoms with Gasteiger partial charge in [0.2, 0.25) is 10.0 Å². The highest BCUT2D eigenvalue weighted by molar-refractivity contribution is 7.91. The van der Waals surface area contributed by atoms with E-state index in [-0.39, 0.29) is 40.6 Å². The van der Waals surface area contributed by atoms with Gasteiger partial charge in [0.05, 0.1) is 11.9 Å². The molecule has 0 saturated carbocycles. The summed E-state index contributed by atoms with van der Waals surface area (Å²) in [6.07, 6.45) is 1.77. The Morgan fingerprint density at radius 3 is 2.24 bits per heavy atom. The molecule has 0 radical (unpaired) electrons. The molecule has 1 aromatic heterocycles. The van der Waals surface area contributed by atoms with E-state index in [1.807, 2.05) is 0 Å². The highest BCUT2D eigenvalue weighted by atomic mass is 35.5. The molecule has 21 heavy (non-hydrogen) atoms. The molecule has 0 atom stereocenters. The first-order chi connectivity index (χ1) is 9.77. The third-order valence-electron chi connectivity index (χ3n) is 3.10. The Balaban J connectivity index is 2.08. The van der Waals surface area contributed by atoms with Gasteiger partial charge >= 0.3 is 0 Å². The molecule has 0 amide bonds. The number of hydrogen-bond acceptors (Lipinski definition) is 6. The van der Waals surface area contributed by atoms with Crippen molar-refractivity contribution >= 4 is 43.0 Å². The van der Waals surface area contributed by atoms with E-state index < -0.39 is 20.0 Å². The molecular formula is C10H16ClN3O4S3. The number of rotatable bonds is 5. The summed E-state index contributed by atoms with van der Waals surface area (Å²) in [7, 11) is -6.92. The van der Waals surface area contributed by atoms with Crippen molar-refractivity contribution in [2.75, 3.05) is 31.9 Å². The number of nitrogens with zero attached hydrogens (tertiary/aromatic N) is 3. The number of aromatic nitrogens is 1. The normalized spacial score (nSPS) is 19.0. The molecule has 0 spiro atoms. The lowest BCUT2D eigenvalue weighted by atomic mass is 10.4. The fraction of sp³-hybridized carbons (Fsp3) is 0.700. The van der Waals surface area contributed by atoms with Crippen LogP contribution >= 0.6 is 22.9 Å². The predicted molar refractivity (Wildman–Crippen MR) is 81.5 cm³/mol. The average molecular weight is 374 g/mol. The summed E-state index contributed by atoms with van der Waals surface area (Å²) in [5, 5.41) is 0. The van der Waals surface area contributed by atoms with E-state index in [0.717, 1.165) is 11.3 Å². The number of piperazine rings is 1. The standard InChI is InChI=1S/C10H16ClN3O4S3/c1-2-7-20(15,16)13-3-5-14(6-4-13)21(17,18)9-8-12-10(11)19-9/h8H,2-7H2,1H3. The van der Waals surface area contributed by atoms with Gasteiger partial charge in [-0.05, 0) is 6.42 Å². The Bertz CT molecular complexity index is 693. The second kappa shape index (κ2) is 6.47. The van der Waals surface area contributed by atoms with Crippen molar-refractivity contribution in [2.24, 2.45) is 0 Å². The summed E-state index contributed by atoms with van der Waals surface area (Å²) in [5.74, 6) is 0.0875. The van der Waals surface area contributed by atoms with E-state index in [0.29, 0.717) is 6.42 Å². The van der Waals surface area contributed by atoms with Crippen molar-refractivity contribution in [3.05, 3.63) is 10.7 Å². The highest BCUT2D eigenvalue weighted by Crippen LogP contribution is 2.26. The van der Waals surface area contributed by atoms with Crippen molar-refractivity contribution in [1.82, 2.24) is 13.6 Å². The molecule has 0 unspecified atom stereocenters. The van der Waals surface area contributed by atoms with Gasteiger partial charge in [0, 0.05) is 26.2 Å². The van der Waals surface area contributed by atoms with E-state index in [2.05, 4.69) is 4.98 Å². The average Bonchev–Trinajstić information content (AvgIpc) is 2.86. The van der Waals surface area contributed by atoms with Crippen LogP contribution in [0.1, 0.15) is 13.3 Å². The Morgan fingerprint density at radius 1 is 1.19 bits per heavy atom. The van der Waals surface area contributed by atoms with Gasteiger partial charge < -0.3 is 0 Å². The van der Waals surface area contributed by atoms with Crippen LogP contribution in [0.4, 0.5) is 0 Å². The summed E-state index contributed by atoms with van der Waals surface area (Å²) in [5.41, 5.74) is 0. The Kier molecular flexibility index (Phi) is 5.27. The van der Waals surface area contributed by atoms with Gasteiger partial charge in [0.1, 0.15) is 0 Å². The van der Waals surface area contributed by atoms with E-state index in [4.69, 9.17) is 11.6 Å². The maximum atomic E-state index is 12.4. The van der Waals surface area contributed by atoms with Gasteiger partial charge in [-0.2, -0.15) is 8.61 Å². The maximum Gasteiger partial charge on any atom is 0.254 e. The Hall–Kier alpha value is -0.260. The number of halogens is 1. The molecule has 11 heteroatoms. The first kappa shape index (κ1) is 17.1. The zero-order chi connectivity index (χ0) is 15.7. The number of sulfonamides is 2. The van der Waals surface area contributed by atoms with Gasteiger partial charge in [0.15, 0.2) is 8.68 Å². The molecule has 0 N–H and O–H groups in total. The molecule has 0 bridgehead atoms. The molecule has 2 heterocycles. The third kappa shape index (κ3) is 3.74. The quantitative estimate of drug-likeness (QED) is 0.763. The van der Waals surface area contributed by atoms with E-state index in [1.54, 1.807) is 6.92 Å². The summed E-state index contributed by atoms with van der Waals surface area (Å²) >= 11 is 6.56. The molecule has 120 valence electrons. The Labute approximate surface area is 133 Å². The van der Waals surface area contributed by atoms with Crippen LogP contribution in [0.3, 0.4) is 0 Å². The van der Waals surface area contributed by atoms with Crippen molar-refractivity contribution in [3.8, 4) is 0 Å². The van der Waals surface area contributed by atoms with E-state index >= 15 is 0 Å². The SMILES string of the molecule is CCCS(=O)(=O)N1CCN(S(=O)(=O)c2cnc(Cl)s2)CC1. The largest absolute Gasteiger partial charge is 0.254 e. The van der Waals surface area contributed by atoms with Crippen LogP contribution in [0.5, 0.6) is 0 Å². The first-order valence-electron chi connectivity index (χ1n) is 6.36. The topological polar surface area (TPSA) is 87.7 Å². The fourth-order valence-electron chi connectivity index (χ4n) is 2.06. The summed E-state index contributed by atoms with van der Waals surface area (Å²) in [4.78, 5) is 3.73. The second-order valence-corrected chi connectivity index (χ2v) is 10.4. The molecule has 0 aromatic carbocycles. The lowest BCUT2D eigenvalue weighted by Gasteiger charge is -2.32. The molecule has 1 aliphatic heterocycles. The van der Waals surface area contributed by atoms with Gasteiger partial charge in [-0.15, -0.1) is 0 Å². The minimum Gasteiger partial charge on any atom is -0.232 e. The van der Waals surface area contributed by atoms with Crippen LogP contribution in [0.25, 0.3) is 0 Å². The van der Waals surface area contributed by atoms with Crippen molar-refractivity contribution in [2.45, 2.75) is 17.6 Å².